The topological polar surface area (TPSA) is 54.3 Å². The molecule has 0 unspecified atom stereocenters. The molecule has 1 aliphatic carbocycles. The zero-order valence-electron chi connectivity index (χ0n) is 19.1. The van der Waals surface area contributed by atoms with Crippen LogP contribution in [0.5, 0.6) is 0 Å². The molecular formula is C25H31N5OS. The number of thiazole rings is 1. The van der Waals surface area contributed by atoms with Gasteiger partial charge in [0.15, 0.2) is 5.69 Å². The van der Waals surface area contributed by atoms with Crippen molar-refractivity contribution >= 4 is 17.2 Å². The fourth-order valence-electron chi connectivity index (χ4n) is 4.30. The van der Waals surface area contributed by atoms with Crippen molar-refractivity contribution in [2.45, 2.75) is 51.6 Å². The molecule has 0 N–H and O–H groups in total. The highest BCUT2D eigenvalue weighted by Gasteiger charge is 2.33. The Morgan fingerprint density at radius 2 is 1.81 bits per heavy atom. The van der Waals surface area contributed by atoms with Gasteiger partial charge in [-0.1, -0.05) is 30.3 Å². The molecule has 3 aromatic rings. The smallest absolute Gasteiger partial charge is 0.274 e. The Bertz CT molecular complexity index is 1090. The standard InChI is InChI=1S/C25H31N5OS/c1-25(2,3)30-22(18-9-10-18)15-21(27-30)24(31)29-13-11-28(12-14-29)16-20-17-32-23(26-20)19-7-5-4-6-8-19/h4-8,15,17-18H,9-14,16H2,1-3H3. The van der Waals surface area contributed by atoms with E-state index >= 15 is 0 Å². The van der Waals surface area contributed by atoms with Gasteiger partial charge in [0.2, 0.25) is 0 Å². The van der Waals surface area contributed by atoms with E-state index in [0.717, 1.165) is 43.4 Å². The Labute approximate surface area is 193 Å². The lowest BCUT2D eigenvalue weighted by Crippen LogP contribution is -2.48. The summed E-state index contributed by atoms with van der Waals surface area (Å²) in [5.41, 5.74) is 3.98. The van der Waals surface area contributed by atoms with E-state index in [4.69, 9.17) is 10.1 Å². The van der Waals surface area contributed by atoms with Gasteiger partial charge in [-0.15, -0.1) is 11.3 Å². The van der Waals surface area contributed by atoms with Crippen LogP contribution < -0.4 is 0 Å². The fraction of sp³-hybridized carbons (Fsp3) is 0.480. The van der Waals surface area contributed by atoms with Crippen molar-refractivity contribution in [2.75, 3.05) is 26.2 Å². The molecule has 168 valence electrons. The quantitative estimate of drug-likeness (QED) is 0.571. The van der Waals surface area contributed by atoms with Crippen LogP contribution in [0.15, 0.2) is 41.8 Å². The zero-order chi connectivity index (χ0) is 22.3. The highest BCUT2D eigenvalue weighted by atomic mass is 32.1. The van der Waals surface area contributed by atoms with E-state index in [0.29, 0.717) is 11.6 Å². The minimum Gasteiger partial charge on any atom is -0.335 e. The maximum Gasteiger partial charge on any atom is 0.274 e. The Kier molecular flexibility index (Phi) is 5.63. The van der Waals surface area contributed by atoms with Crippen molar-refractivity contribution in [2.24, 2.45) is 0 Å². The van der Waals surface area contributed by atoms with Gasteiger partial charge in [0, 0.05) is 55.3 Å². The van der Waals surface area contributed by atoms with Crippen LogP contribution in [0.2, 0.25) is 0 Å². The fourth-order valence-corrected chi connectivity index (χ4v) is 5.12. The molecule has 0 atom stereocenters. The number of piperazine rings is 1. The molecule has 0 radical (unpaired) electrons. The van der Waals surface area contributed by atoms with Crippen LogP contribution in [0, 0.1) is 0 Å². The van der Waals surface area contributed by atoms with E-state index in [1.54, 1.807) is 11.3 Å². The number of aromatic nitrogens is 3. The van der Waals surface area contributed by atoms with Crippen LogP contribution in [0.3, 0.4) is 0 Å². The monoisotopic (exact) mass is 449 g/mol. The first-order valence-electron chi connectivity index (χ1n) is 11.5. The summed E-state index contributed by atoms with van der Waals surface area (Å²) in [5, 5.41) is 7.96. The van der Waals surface area contributed by atoms with Crippen LogP contribution in [-0.4, -0.2) is 56.7 Å². The largest absolute Gasteiger partial charge is 0.335 e. The lowest BCUT2D eigenvalue weighted by atomic mass is 10.1. The Morgan fingerprint density at radius 1 is 1.09 bits per heavy atom. The van der Waals surface area contributed by atoms with E-state index in [2.05, 4.69) is 47.9 Å². The second kappa shape index (κ2) is 8.45. The maximum absolute atomic E-state index is 13.2. The molecule has 32 heavy (non-hydrogen) atoms. The SMILES string of the molecule is CC(C)(C)n1nc(C(=O)N2CCN(Cc3csc(-c4ccccc4)n3)CC2)cc1C1CC1. The van der Waals surface area contributed by atoms with E-state index in [-0.39, 0.29) is 11.4 Å². The van der Waals surface area contributed by atoms with Crippen LogP contribution in [-0.2, 0) is 12.1 Å². The summed E-state index contributed by atoms with van der Waals surface area (Å²) in [7, 11) is 0. The maximum atomic E-state index is 13.2. The normalized spacial score (nSPS) is 17.7. The van der Waals surface area contributed by atoms with Gasteiger partial charge in [0.05, 0.1) is 11.2 Å². The number of hydrogen-bond donors (Lipinski definition) is 0. The number of hydrogen-bond acceptors (Lipinski definition) is 5. The van der Waals surface area contributed by atoms with Gasteiger partial charge in [-0.3, -0.25) is 14.4 Å². The number of amides is 1. The number of rotatable bonds is 5. The molecule has 2 fully saturated rings. The molecule has 0 spiro atoms. The Balaban J connectivity index is 1.20. The third-order valence-corrected chi connectivity index (χ3v) is 7.14. The lowest BCUT2D eigenvalue weighted by molar-refractivity contribution is 0.0620. The minimum atomic E-state index is -0.110. The molecule has 5 rings (SSSR count). The number of carbonyl (C=O) groups excluding carboxylic acids is 1. The predicted molar refractivity (Wildman–Crippen MR) is 128 cm³/mol. The molecule has 1 saturated heterocycles. The highest BCUT2D eigenvalue weighted by molar-refractivity contribution is 7.13. The average molecular weight is 450 g/mol. The van der Waals surface area contributed by atoms with Crippen molar-refractivity contribution < 1.29 is 4.79 Å². The van der Waals surface area contributed by atoms with Gasteiger partial charge in [0.1, 0.15) is 5.01 Å². The van der Waals surface area contributed by atoms with Gasteiger partial charge in [-0.25, -0.2) is 4.98 Å². The molecule has 1 aliphatic heterocycles. The van der Waals surface area contributed by atoms with Crippen molar-refractivity contribution in [3.05, 3.63) is 58.9 Å². The van der Waals surface area contributed by atoms with E-state index in [9.17, 15) is 4.79 Å². The Hall–Kier alpha value is -2.51. The van der Waals surface area contributed by atoms with Gasteiger partial charge in [-0.05, 0) is 39.7 Å². The van der Waals surface area contributed by atoms with Gasteiger partial charge < -0.3 is 4.90 Å². The minimum absolute atomic E-state index is 0.0644. The predicted octanol–water partition coefficient (Wildman–Crippen LogP) is 4.60. The molecule has 7 heteroatoms. The van der Waals surface area contributed by atoms with Crippen molar-refractivity contribution in [1.82, 2.24) is 24.6 Å². The highest BCUT2D eigenvalue weighted by Crippen LogP contribution is 2.41. The summed E-state index contributed by atoms with van der Waals surface area (Å²) in [6.45, 7) is 10.5. The van der Waals surface area contributed by atoms with Crippen molar-refractivity contribution in [3.63, 3.8) is 0 Å². The van der Waals surface area contributed by atoms with Crippen LogP contribution in [0.4, 0.5) is 0 Å². The van der Waals surface area contributed by atoms with Crippen LogP contribution >= 0.6 is 11.3 Å². The molecule has 6 nitrogen and oxygen atoms in total. The summed E-state index contributed by atoms with van der Waals surface area (Å²) in [6.07, 6.45) is 2.41. The van der Waals surface area contributed by atoms with Gasteiger partial charge >= 0.3 is 0 Å². The zero-order valence-corrected chi connectivity index (χ0v) is 19.9. The summed E-state index contributed by atoms with van der Waals surface area (Å²) < 4.78 is 2.07. The molecule has 0 bridgehead atoms. The van der Waals surface area contributed by atoms with Crippen molar-refractivity contribution in [3.8, 4) is 10.6 Å². The van der Waals surface area contributed by atoms with E-state index in [1.165, 1.54) is 24.1 Å². The third-order valence-electron chi connectivity index (χ3n) is 6.20. The number of carbonyl (C=O) groups is 1. The molecule has 1 aromatic carbocycles. The summed E-state index contributed by atoms with van der Waals surface area (Å²) in [6, 6.07) is 12.4. The molecular weight excluding hydrogens is 418 g/mol. The summed E-state index contributed by atoms with van der Waals surface area (Å²) in [4.78, 5) is 22.3. The van der Waals surface area contributed by atoms with Crippen molar-refractivity contribution in [1.29, 1.82) is 0 Å². The molecule has 3 heterocycles. The molecule has 1 saturated carbocycles. The van der Waals surface area contributed by atoms with Gasteiger partial charge in [0.25, 0.3) is 5.91 Å². The first-order chi connectivity index (χ1) is 15.4. The molecule has 1 amide bonds. The third kappa shape index (κ3) is 4.50. The second-order valence-electron chi connectivity index (χ2n) is 9.89. The number of benzene rings is 1. The molecule has 2 aliphatic rings. The average Bonchev–Trinajstić information content (AvgIpc) is 3.35. The van der Waals surface area contributed by atoms with Crippen LogP contribution in [0.25, 0.3) is 10.6 Å². The molecule has 2 aromatic heterocycles. The van der Waals surface area contributed by atoms with E-state index in [1.807, 2.05) is 29.2 Å². The van der Waals surface area contributed by atoms with Gasteiger partial charge in [-0.2, -0.15) is 5.10 Å². The number of nitrogens with zero attached hydrogens (tertiary/aromatic N) is 5. The summed E-state index contributed by atoms with van der Waals surface area (Å²) >= 11 is 1.69. The van der Waals surface area contributed by atoms with Crippen LogP contribution in [0.1, 0.15) is 61.4 Å². The first-order valence-corrected chi connectivity index (χ1v) is 12.4. The van der Waals surface area contributed by atoms with E-state index < -0.39 is 0 Å². The lowest BCUT2D eigenvalue weighted by Gasteiger charge is -2.34. The first kappa shape index (κ1) is 21.3. The second-order valence-corrected chi connectivity index (χ2v) is 10.7. The Morgan fingerprint density at radius 3 is 2.47 bits per heavy atom. The summed E-state index contributed by atoms with van der Waals surface area (Å²) in [5.74, 6) is 0.633.